The minimum atomic E-state index is -0.637. The molecule has 0 aliphatic carbocycles. The number of carbonyl (C=O) groups is 1. The smallest absolute Gasteiger partial charge is 0.271 e. The van der Waals surface area contributed by atoms with E-state index in [2.05, 4.69) is 20.4 Å². The van der Waals surface area contributed by atoms with Crippen LogP contribution >= 0.6 is 0 Å². The van der Waals surface area contributed by atoms with E-state index in [0.29, 0.717) is 11.3 Å². The summed E-state index contributed by atoms with van der Waals surface area (Å²) in [5.41, 5.74) is 8.62. The molecule has 7 nitrogen and oxygen atoms in total. The molecule has 3 aromatic rings. The van der Waals surface area contributed by atoms with Gasteiger partial charge in [-0.1, -0.05) is 24.3 Å². The number of benzene rings is 1. The molecule has 0 saturated heterocycles. The molecule has 0 bridgehead atoms. The third kappa shape index (κ3) is 2.41. The summed E-state index contributed by atoms with van der Waals surface area (Å²) >= 11 is 0. The van der Waals surface area contributed by atoms with Gasteiger partial charge >= 0.3 is 0 Å². The lowest BCUT2D eigenvalue weighted by Crippen LogP contribution is -2.12. The van der Waals surface area contributed by atoms with Crippen LogP contribution in [0, 0.1) is 11.3 Å². The average Bonchev–Trinajstić information content (AvgIpc) is 3.05. The van der Waals surface area contributed by atoms with Crippen molar-refractivity contribution in [3.8, 4) is 28.6 Å². The van der Waals surface area contributed by atoms with Crippen molar-refractivity contribution in [3.05, 3.63) is 53.9 Å². The number of carbonyl (C=O) groups excluding carboxylic acids is 1. The van der Waals surface area contributed by atoms with Crippen molar-refractivity contribution in [3.63, 3.8) is 0 Å². The molecular formula is C15H10N6O. The number of hydrogen-bond acceptors (Lipinski definition) is 5. The maximum absolute atomic E-state index is 11.3. The van der Waals surface area contributed by atoms with Crippen LogP contribution < -0.4 is 5.73 Å². The number of amides is 1. The molecule has 0 unspecified atom stereocenters. The molecule has 2 aromatic heterocycles. The van der Waals surface area contributed by atoms with Gasteiger partial charge in [0.15, 0.2) is 5.69 Å². The molecule has 0 aliphatic heterocycles. The number of primary amides is 1. The molecule has 3 rings (SSSR count). The molecule has 0 radical (unpaired) electrons. The number of nitriles is 1. The molecule has 3 N–H and O–H groups in total. The summed E-state index contributed by atoms with van der Waals surface area (Å²) in [6, 6.07) is 12.8. The van der Waals surface area contributed by atoms with E-state index >= 15 is 0 Å². The minimum Gasteiger partial charge on any atom is -0.364 e. The first-order valence-corrected chi connectivity index (χ1v) is 6.36. The molecule has 2 heterocycles. The van der Waals surface area contributed by atoms with Crippen LogP contribution in [0.15, 0.2) is 42.6 Å². The van der Waals surface area contributed by atoms with E-state index < -0.39 is 5.91 Å². The maximum atomic E-state index is 11.3. The lowest BCUT2D eigenvalue weighted by molar-refractivity contribution is 0.0996. The van der Waals surface area contributed by atoms with Crippen LogP contribution in [0.2, 0.25) is 0 Å². The van der Waals surface area contributed by atoms with Gasteiger partial charge in [-0.2, -0.15) is 20.7 Å². The Morgan fingerprint density at radius 1 is 1.09 bits per heavy atom. The van der Waals surface area contributed by atoms with Gasteiger partial charge < -0.3 is 5.73 Å². The largest absolute Gasteiger partial charge is 0.364 e. The summed E-state index contributed by atoms with van der Waals surface area (Å²) in [4.78, 5) is 15.5. The Bertz CT molecular complexity index is 858. The number of H-pyrrole nitrogens is 1. The van der Waals surface area contributed by atoms with Gasteiger partial charge in [-0.05, 0) is 12.1 Å². The normalized spacial score (nSPS) is 10.1. The fourth-order valence-electron chi connectivity index (χ4n) is 2.03. The minimum absolute atomic E-state index is 0.101. The fourth-order valence-corrected chi connectivity index (χ4v) is 2.03. The number of nitrogens with two attached hydrogens (primary N) is 1. The van der Waals surface area contributed by atoms with E-state index in [0.717, 1.165) is 16.8 Å². The lowest BCUT2D eigenvalue weighted by atomic mass is 10.0. The number of nitrogens with zero attached hydrogens (tertiary/aromatic N) is 4. The van der Waals surface area contributed by atoms with E-state index in [9.17, 15) is 4.79 Å². The van der Waals surface area contributed by atoms with Gasteiger partial charge in [0, 0.05) is 17.3 Å². The molecule has 0 fully saturated rings. The van der Waals surface area contributed by atoms with Gasteiger partial charge in [-0.15, -0.1) is 0 Å². The maximum Gasteiger partial charge on any atom is 0.271 e. The molecule has 1 amide bonds. The van der Waals surface area contributed by atoms with Crippen LogP contribution in [0.5, 0.6) is 0 Å². The van der Waals surface area contributed by atoms with Crippen molar-refractivity contribution in [2.45, 2.75) is 0 Å². The van der Waals surface area contributed by atoms with Crippen LogP contribution in [0.25, 0.3) is 22.5 Å². The first kappa shape index (κ1) is 13.5. The van der Waals surface area contributed by atoms with Crippen molar-refractivity contribution < 1.29 is 4.79 Å². The topological polar surface area (TPSA) is 121 Å². The zero-order chi connectivity index (χ0) is 15.5. The molecule has 0 spiro atoms. The van der Waals surface area contributed by atoms with Crippen molar-refractivity contribution in [1.82, 2.24) is 20.4 Å². The molecule has 1 aromatic carbocycles. The summed E-state index contributed by atoms with van der Waals surface area (Å²) < 4.78 is 0. The summed E-state index contributed by atoms with van der Waals surface area (Å²) in [5.74, 6) is -0.637. The van der Waals surface area contributed by atoms with E-state index in [4.69, 9.17) is 11.0 Å². The highest BCUT2D eigenvalue weighted by atomic mass is 16.1. The molecule has 22 heavy (non-hydrogen) atoms. The molecule has 7 heteroatoms. The number of nitrogens with one attached hydrogen (secondary N) is 1. The monoisotopic (exact) mass is 290 g/mol. The summed E-state index contributed by atoms with van der Waals surface area (Å²) in [6.45, 7) is 0. The van der Waals surface area contributed by atoms with Crippen LogP contribution in [-0.2, 0) is 0 Å². The van der Waals surface area contributed by atoms with Crippen molar-refractivity contribution >= 4 is 5.91 Å². The molecule has 0 saturated carbocycles. The van der Waals surface area contributed by atoms with Gasteiger partial charge in [0.25, 0.3) is 5.91 Å². The highest BCUT2D eigenvalue weighted by molar-refractivity contribution is 5.96. The van der Waals surface area contributed by atoms with Gasteiger partial charge in [-0.3, -0.25) is 9.78 Å². The van der Waals surface area contributed by atoms with Crippen molar-refractivity contribution in [2.75, 3.05) is 0 Å². The molecule has 0 atom stereocenters. The van der Waals surface area contributed by atoms with E-state index in [-0.39, 0.29) is 5.69 Å². The van der Waals surface area contributed by atoms with E-state index in [1.807, 2.05) is 18.2 Å². The zero-order valence-electron chi connectivity index (χ0n) is 11.3. The van der Waals surface area contributed by atoms with Crippen molar-refractivity contribution in [2.24, 2.45) is 5.73 Å². The van der Waals surface area contributed by atoms with Crippen LogP contribution in [-0.4, -0.2) is 26.3 Å². The van der Waals surface area contributed by atoms with Crippen molar-refractivity contribution in [1.29, 1.82) is 5.26 Å². The number of rotatable bonds is 3. The Morgan fingerprint density at radius 3 is 2.41 bits per heavy atom. The third-order valence-electron chi connectivity index (χ3n) is 3.13. The summed E-state index contributed by atoms with van der Waals surface area (Å²) in [6.07, 6.45) is 1.52. The number of aromatic nitrogens is 4. The Balaban J connectivity index is 1.94. The second-order valence-corrected chi connectivity index (χ2v) is 4.51. The van der Waals surface area contributed by atoms with Crippen LogP contribution in [0.3, 0.4) is 0 Å². The first-order valence-electron chi connectivity index (χ1n) is 6.36. The number of aromatic amines is 1. The fraction of sp³-hybridized carbons (Fsp3) is 0. The predicted octanol–water partition coefficient (Wildman–Crippen LogP) is 1.50. The molecule has 106 valence electrons. The summed E-state index contributed by atoms with van der Waals surface area (Å²) in [7, 11) is 0. The Labute approximate surface area is 125 Å². The van der Waals surface area contributed by atoms with E-state index in [1.165, 1.54) is 6.20 Å². The quantitative estimate of drug-likeness (QED) is 0.757. The Morgan fingerprint density at radius 2 is 1.82 bits per heavy atom. The lowest BCUT2D eigenvalue weighted by Gasteiger charge is -2.03. The van der Waals surface area contributed by atoms with Crippen LogP contribution in [0.1, 0.15) is 16.1 Å². The Hall–Kier alpha value is -3.53. The second kappa shape index (κ2) is 5.46. The number of hydrogen-bond donors (Lipinski definition) is 2. The molecule has 0 aliphatic rings. The average molecular weight is 290 g/mol. The van der Waals surface area contributed by atoms with Gasteiger partial charge in [0.2, 0.25) is 0 Å². The first-order chi connectivity index (χ1) is 10.7. The third-order valence-corrected chi connectivity index (χ3v) is 3.13. The SMILES string of the molecule is N#Cc1ccc(-c2ccc(-c3n[nH]nc3C(N)=O)cc2)nc1. The van der Waals surface area contributed by atoms with Gasteiger partial charge in [-0.25, -0.2) is 0 Å². The van der Waals surface area contributed by atoms with Gasteiger partial charge in [0.05, 0.1) is 11.3 Å². The highest BCUT2D eigenvalue weighted by Crippen LogP contribution is 2.23. The van der Waals surface area contributed by atoms with E-state index in [1.54, 1.807) is 24.3 Å². The standard InChI is InChI=1S/C15H10N6O/c16-7-9-1-6-12(18-8-9)10-2-4-11(5-3-10)13-14(15(17)22)20-21-19-13/h1-6,8H,(H2,17,22)(H,19,20,21). The Kier molecular flexibility index (Phi) is 3.34. The van der Waals surface area contributed by atoms with Gasteiger partial charge in [0.1, 0.15) is 11.8 Å². The molecular weight excluding hydrogens is 280 g/mol. The zero-order valence-corrected chi connectivity index (χ0v) is 11.3. The van der Waals surface area contributed by atoms with Crippen LogP contribution in [0.4, 0.5) is 0 Å². The summed E-state index contributed by atoms with van der Waals surface area (Å²) in [5, 5.41) is 18.8. The number of pyridine rings is 1. The second-order valence-electron chi connectivity index (χ2n) is 4.51. The predicted molar refractivity (Wildman–Crippen MR) is 78.3 cm³/mol. The highest BCUT2D eigenvalue weighted by Gasteiger charge is 2.15.